The Morgan fingerprint density at radius 1 is 1.25 bits per heavy atom. The molecule has 7 heteroatoms. The zero-order valence-corrected chi connectivity index (χ0v) is 12.6. The second kappa shape index (κ2) is 6.06. The van der Waals surface area contributed by atoms with Crippen molar-refractivity contribution in [3.8, 4) is 0 Å². The molecule has 0 spiro atoms. The molecule has 2 aromatic rings. The minimum absolute atomic E-state index is 0.0260. The van der Waals surface area contributed by atoms with Crippen LogP contribution in [-0.2, 0) is 0 Å². The highest BCUT2D eigenvalue weighted by atomic mass is 79.9. The van der Waals surface area contributed by atoms with Gasteiger partial charge in [-0.25, -0.2) is 0 Å². The summed E-state index contributed by atoms with van der Waals surface area (Å²) in [5, 5.41) is 18.2. The van der Waals surface area contributed by atoms with E-state index in [-0.39, 0.29) is 11.5 Å². The van der Waals surface area contributed by atoms with Gasteiger partial charge in [-0.3, -0.25) is 15.5 Å². The lowest BCUT2D eigenvalue weighted by Crippen LogP contribution is -2.13. The van der Waals surface area contributed by atoms with Crippen LogP contribution in [0.2, 0.25) is 0 Å². The Hall–Kier alpha value is -1.86. The van der Waals surface area contributed by atoms with Crippen molar-refractivity contribution in [1.82, 2.24) is 0 Å². The van der Waals surface area contributed by atoms with Crippen molar-refractivity contribution in [3.63, 3.8) is 0 Å². The van der Waals surface area contributed by atoms with Gasteiger partial charge >= 0.3 is 0 Å². The van der Waals surface area contributed by atoms with E-state index in [4.69, 9.17) is 11.1 Å². The fourth-order valence-corrected chi connectivity index (χ4v) is 3.32. The summed E-state index contributed by atoms with van der Waals surface area (Å²) in [4.78, 5) is 11.8. The first-order valence-corrected chi connectivity index (χ1v) is 7.15. The maximum Gasteiger partial charge on any atom is 0.269 e. The molecule has 0 amide bonds. The first-order chi connectivity index (χ1) is 9.49. The minimum Gasteiger partial charge on any atom is -0.384 e. The van der Waals surface area contributed by atoms with E-state index in [0.29, 0.717) is 5.56 Å². The summed E-state index contributed by atoms with van der Waals surface area (Å²) < 4.78 is 0.747. The Bertz CT molecular complexity index is 674. The average Bonchev–Trinajstić information content (AvgIpc) is 2.39. The second-order valence-corrected chi connectivity index (χ2v) is 5.85. The smallest absolute Gasteiger partial charge is 0.269 e. The van der Waals surface area contributed by atoms with Gasteiger partial charge in [-0.05, 0) is 40.2 Å². The summed E-state index contributed by atoms with van der Waals surface area (Å²) in [7, 11) is 0. The third kappa shape index (κ3) is 3.17. The molecule has 0 aliphatic rings. The van der Waals surface area contributed by atoms with Crippen LogP contribution in [0.4, 0.5) is 5.69 Å². The topological polar surface area (TPSA) is 93.0 Å². The maximum absolute atomic E-state index is 10.6. The van der Waals surface area contributed by atoms with Crippen LogP contribution in [-0.4, -0.2) is 10.8 Å². The molecule has 3 N–H and O–H groups in total. The number of non-ortho nitro benzene ring substituents is 1. The lowest BCUT2D eigenvalue weighted by atomic mass is 10.2. The minimum atomic E-state index is -0.436. The van der Waals surface area contributed by atoms with Gasteiger partial charge in [-0.1, -0.05) is 17.8 Å². The quantitative estimate of drug-likeness (QED) is 0.379. The number of nitrogen functional groups attached to an aromatic ring is 1. The predicted molar refractivity (Wildman–Crippen MR) is 82.4 cm³/mol. The lowest BCUT2D eigenvalue weighted by Gasteiger charge is -2.09. The maximum atomic E-state index is 10.6. The number of nitrogens with one attached hydrogen (secondary N) is 1. The monoisotopic (exact) mass is 351 g/mol. The molecule has 0 heterocycles. The SMILES string of the molecule is N=C(N)c1c(Br)cccc1Sc1ccc([N+](=O)[O-])cc1. The van der Waals surface area contributed by atoms with Gasteiger partial charge in [0.15, 0.2) is 0 Å². The van der Waals surface area contributed by atoms with E-state index in [1.165, 1.54) is 23.9 Å². The van der Waals surface area contributed by atoms with E-state index in [9.17, 15) is 10.1 Å². The van der Waals surface area contributed by atoms with Crippen molar-refractivity contribution in [2.24, 2.45) is 5.73 Å². The van der Waals surface area contributed by atoms with Crippen LogP contribution in [0.15, 0.2) is 56.7 Å². The first kappa shape index (κ1) is 14.5. The van der Waals surface area contributed by atoms with Crippen LogP contribution >= 0.6 is 27.7 Å². The molecule has 5 nitrogen and oxygen atoms in total. The Morgan fingerprint density at radius 3 is 2.45 bits per heavy atom. The van der Waals surface area contributed by atoms with E-state index in [2.05, 4.69) is 15.9 Å². The highest BCUT2D eigenvalue weighted by molar-refractivity contribution is 9.10. The number of nitrogens with two attached hydrogens (primary N) is 1. The lowest BCUT2D eigenvalue weighted by molar-refractivity contribution is -0.384. The fourth-order valence-electron chi connectivity index (χ4n) is 1.61. The first-order valence-electron chi connectivity index (χ1n) is 5.54. The second-order valence-electron chi connectivity index (χ2n) is 3.88. The van der Waals surface area contributed by atoms with Crippen LogP contribution in [0.3, 0.4) is 0 Å². The number of amidine groups is 1. The molecule has 2 aromatic carbocycles. The van der Waals surface area contributed by atoms with Gasteiger partial charge in [0.05, 0.1) is 4.92 Å². The summed E-state index contributed by atoms with van der Waals surface area (Å²) in [6, 6.07) is 11.8. The van der Waals surface area contributed by atoms with E-state index >= 15 is 0 Å². The summed E-state index contributed by atoms with van der Waals surface area (Å²) in [6.07, 6.45) is 0. The van der Waals surface area contributed by atoms with Crippen molar-refractivity contribution in [3.05, 3.63) is 62.6 Å². The van der Waals surface area contributed by atoms with Crippen LogP contribution in [0.5, 0.6) is 0 Å². The number of benzene rings is 2. The zero-order valence-electron chi connectivity index (χ0n) is 10.2. The molecule has 0 radical (unpaired) electrons. The number of nitro benzene ring substituents is 1. The number of rotatable bonds is 4. The molecule has 0 atom stereocenters. The van der Waals surface area contributed by atoms with Gasteiger partial charge in [0.1, 0.15) is 5.84 Å². The largest absolute Gasteiger partial charge is 0.384 e. The molecule has 0 aliphatic heterocycles. The highest BCUT2D eigenvalue weighted by Gasteiger charge is 2.11. The molecule has 0 bridgehead atoms. The van der Waals surface area contributed by atoms with Gasteiger partial charge in [-0.2, -0.15) is 0 Å². The molecule has 0 unspecified atom stereocenters. The Kier molecular flexibility index (Phi) is 4.41. The molecule has 102 valence electrons. The molecular weight excluding hydrogens is 342 g/mol. The van der Waals surface area contributed by atoms with Gasteiger partial charge in [0, 0.05) is 32.0 Å². The van der Waals surface area contributed by atoms with E-state index in [1.54, 1.807) is 12.1 Å². The zero-order chi connectivity index (χ0) is 14.7. The highest BCUT2D eigenvalue weighted by Crippen LogP contribution is 2.34. The van der Waals surface area contributed by atoms with E-state index in [0.717, 1.165) is 14.3 Å². The molecule has 0 aliphatic carbocycles. The number of nitrogens with zero attached hydrogens (tertiary/aromatic N) is 1. The number of hydrogen-bond acceptors (Lipinski definition) is 4. The molecular formula is C13H10BrN3O2S. The summed E-state index contributed by atoms with van der Waals surface area (Å²) in [6.45, 7) is 0. The Labute approximate surface area is 128 Å². The van der Waals surface area contributed by atoms with Crippen molar-refractivity contribution < 1.29 is 4.92 Å². The van der Waals surface area contributed by atoms with Crippen molar-refractivity contribution in [2.75, 3.05) is 0 Å². The van der Waals surface area contributed by atoms with E-state index in [1.807, 2.05) is 18.2 Å². The average molecular weight is 352 g/mol. The van der Waals surface area contributed by atoms with Gasteiger partial charge < -0.3 is 5.73 Å². The molecule has 0 saturated carbocycles. The van der Waals surface area contributed by atoms with Crippen molar-refractivity contribution in [2.45, 2.75) is 9.79 Å². The number of halogens is 1. The number of nitro groups is 1. The molecule has 0 saturated heterocycles. The standard InChI is InChI=1S/C13H10BrN3O2S/c14-10-2-1-3-11(12(10)13(15)16)20-9-6-4-8(5-7-9)17(18)19/h1-7H,(H3,15,16). The molecule has 2 rings (SSSR count). The molecule has 0 fully saturated rings. The summed E-state index contributed by atoms with van der Waals surface area (Å²) in [5.41, 5.74) is 6.26. The van der Waals surface area contributed by atoms with Gasteiger partial charge in [0.25, 0.3) is 5.69 Å². The third-order valence-corrected chi connectivity index (χ3v) is 4.25. The molecule has 20 heavy (non-hydrogen) atoms. The normalized spacial score (nSPS) is 10.2. The van der Waals surface area contributed by atoms with Crippen molar-refractivity contribution in [1.29, 1.82) is 5.41 Å². The molecule has 0 aromatic heterocycles. The number of hydrogen-bond donors (Lipinski definition) is 2. The van der Waals surface area contributed by atoms with Crippen LogP contribution in [0.25, 0.3) is 0 Å². The Morgan fingerprint density at radius 2 is 1.90 bits per heavy atom. The summed E-state index contributed by atoms with van der Waals surface area (Å²) >= 11 is 4.77. The predicted octanol–water partition coefficient (Wildman–Crippen LogP) is 3.79. The van der Waals surface area contributed by atoms with Crippen molar-refractivity contribution >= 4 is 39.2 Å². The van der Waals surface area contributed by atoms with Crippen LogP contribution in [0, 0.1) is 15.5 Å². The Balaban J connectivity index is 2.33. The fraction of sp³-hybridized carbons (Fsp3) is 0. The third-order valence-electron chi connectivity index (χ3n) is 2.52. The van der Waals surface area contributed by atoms with Crippen LogP contribution in [0.1, 0.15) is 5.56 Å². The van der Waals surface area contributed by atoms with Crippen LogP contribution < -0.4 is 5.73 Å². The van der Waals surface area contributed by atoms with Gasteiger partial charge in [-0.15, -0.1) is 0 Å². The van der Waals surface area contributed by atoms with Gasteiger partial charge in [0.2, 0.25) is 0 Å². The summed E-state index contributed by atoms with van der Waals surface area (Å²) in [5.74, 6) is -0.0260. The van der Waals surface area contributed by atoms with E-state index < -0.39 is 4.92 Å².